The van der Waals surface area contributed by atoms with E-state index >= 15 is 0 Å². The molecule has 2 N–H and O–H groups in total. The second kappa shape index (κ2) is 5.13. The highest BCUT2D eigenvalue weighted by Gasteiger charge is 2.16. The Bertz CT molecular complexity index is 571. The van der Waals surface area contributed by atoms with Crippen LogP contribution in [0.25, 0.3) is 5.69 Å². The Labute approximate surface area is 113 Å². The number of imidazole rings is 1. The molecule has 0 saturated heterocycles. The molecule has 0 aliphatic heterocycles. The molecule has 0 saturated carbocycles. The summed E-state index contributed by atoms with van der Waals surface area (Å²) in [6.07, 6.45) is 11.3. The molecule has 0 aromatic carbocycles. The summed E-state index contributed by atoms with van der Waals surface area (Å²) in [7, 11) is 0. The molecule has 100 valence electrons. The molecule has 1 atom stereocenters. The molecule has 2 aromatic heterocycles. The van der Waals surface area contributed by atoms with Gasteiger partial charge in [0.2, 0.25) is 0 Å². The van der Waals surface area contributed by atoms with Crippen molar-refractivity contribution in [3.8, 4) is 5.69 Å². The molecule has 0 fully saturated rings. The summed E-state index contributed by atoms with van der Waals surface area (Å²) in [5.41, 5.74) is 10.8. The Balaban J connectivity index is 1.95. The van der Waals surface area contributed by atoms with Crippen molar-refractivity contribution in [3.05, 3.63) is 41.7 Å². The number of fused-ring (bicyclic) bond motifs is 1. The van der Waals surface area contributed by atoms with Gasteiger partial charge in [-0.1, -0.05) is 0 Å². The van der Waals surface area contributed by atoms with Gasteiger partial charge in [0.1, 0.15) is 0 Å². The van der Waals surface area contributed by atoms with Crippen LogP contribution in [0.2, 0.25) is 0 Å². The summed E-state index contributed by atoms with van der Waals surface area (Å²) in [5.74, 6) is 0. The van der Waals surface area contributed by atoms with E-state index in [0.29, 0.717) is 0 Å². The zero-order valence-corrected chi connectivity index (χ0v) is 11.3. The van der Waals surface area contributed by atoms with Crippen LogP contribution in [0, 0.1) is 0 Å². The van der Waals surface area contributed by atoms with Crippen molar-refractivity contribution in [1.82, 2.24) is 14.5 Å². The Hall–Kier alpha value is -1.68. The topological polar surface area (TPSA) is 56.7 Å². The van der Waals surface area contributed by atoms with Crippen molar-refractivity contribution in [2.45, 2.75) is 45.1 Å². The quantitative estimate of drug-likeness (QED) is 0.914. The molecular weight excluding hydrogens is 236 g/mol. The maximum atomic E-state index is 5.86. The highest BCUT2D eigenvalue weighted by Crippen LogP contribution is 2.23. The van der Waals surface area contributed by atoms with Crippen LogP contribution in [0.1, 0.15) is 36.7 Å². The fraction of sp³-hybridized carbons (Fsp3) is 0.467. The third kappa shape index (κ3) is 2.54. The third-order valence-electron chi connectivity index (χ3n) is 3.65. The van der Waals surface area contributed by atoms with E-state index in [0.717, 1.165) is 24.9 Å². The highest BCUT2D eigenvalue weighted by molar-refractivity contribution is 5.36. The van der Waals surface area contributed by atoms with E-state index < -0.39 is 0 Å². The van der Waals surface area contributed by atoms with Gasteiger partial charge in [-0.2, -0.15) is 0 Å². The molecule has 4 nitrogen and oxygen atoms in total. The van der Waals surface area contributed by atoms with E-state index in [1.54, 1.807) is 0 Å². The van der Waals surface area contributed by atoms with Gasteiger partial charge in [-0.3, -0.25) is 4.98 Å². The number of hydrogen-bond donors (Lipinski definition) is 1. The van der Waals surface area contributed by atoms with Gasteiger partial charge >= 0.3 is 0 Å². The number of aryl methyl sites for hydroxylation is 1. The number of nitrogens with zero attached hydrogens (tertiary/aromatic N) is 3. The zero-order valence-electron chi connectivity index (χ0n) is 11.3. The summed E-state index contributed by atoms with van der Waals surface area (Å²) in [6, 6.07) is 2.33. The van der Waals surface area contributed by atoms with E-state index in [-0.39, 0.29) is 6.04 Å². The minimum absolute atomic E-state index is 0.161. The van der Waals surface area contributed by atoms with Crippen LogP contribution < -0.4 is 5.73 Å². The number of nitrogens with two attached hydrogens (primary N) is 1. The van der Waals surface area contributed by atoms with Crippen molar-refractivity contribution in [2.75, 3.05) is 0 Å². The molecule has 1 unspecified atom stereocenters. The van der Waals surface area contributed by atoms with Crippen molar-refractivity contribution in [2.24, 2.45) is 5.73 Å². The van der Waals surface area contributed by atoms with Crippen LogP contribution in [-0.4, -0.2) is 20.6 Å². The van der Waals surface area contributed by atoms with Gasteiger partial charge in [0.15, 0.2) is 0 Å². The normalized spacial score (nSPS) is 16.1. The number of hydrogen-bond acceptors (Lipinski definition) is 3. The molecule has 2 aromatic rings. The van der Waals surface area contributed by atoms with Gasteiger partial charge in [0.25, 0.3) is 0 Å². The first-order chi connectivity index (χ1) is 9.24. The average molecular weight is 256 g/mol. The van der Waals surface area contributed by atoms with Crippen LogP contribution in [0.3, 0.4) is 0 Å². The molecule has 2 heterocycles. The van der Waals surface area contributed by atoms with E-state index in [2.05, 4.69) is 20.6 Å². The van der Waals surface area contributed by atoms with E-state index in [9.17, 15) is 0 Å². The molecule has 0 amide bonds. The second-order valence-corrected chi connectivity index (χ2v) is 5.45. The lowest BCUT2D eigenvalue weighted by Gasteiger charge is -2.14. The SMILES string of the molecule is CC(N)Cc1cncc(-n2cnc3c2CCCC3)c1. The average Bonchev–Trinajstić information content (AvgIpc) is 2.82. The Morgan fingerprint density at radius 3 is 3.00 bits per heavy atom. The molecule has 3 rings (SSSR count). The third-order valence-corrected chi connectivity index (χ3v) is 3.65. The predicted molar refractivity (Wildman–Crippen MR) is 75.4 cm³/mol. The van der Waals surface area contributed by atoms with Crippen LogP contribution in [-0.2, 0) is 19.3 Å². The summed E-state index contributed by atoms with van der Waals surface area (Å²) in [5, 5.41) is 0. The van der Waals surface area contributed by atoms with Gasteiger partial charge in [0.05, 0.1) is 23.9 Å². The van der Waals surface area contributed by atoms with Gasteiger partial charge < -0.3 is 10.3 Å². The Morgan fingerprint density at radius 1 is 1.32 bits per heavy atom. The van der Waals surface area contributed by atoms with Crippen molar-refractivity contribution < 1.29 is 0 Å². The molecule has 1 aliphatic rings. The second-order valence-electron chi connectivity index (χ2n) is 5.45. The van der Waals surface area contributed by atoms with Crippen LogP contribution in [0.4, 0.5) is 0 Å². The van der Waals surface area contributed by atoms with Crippen LogP contribution in [0.5, 0.6) is 0 Å². The van der Waals surface area contributed by atoms with E-state index in [1.807, 2.05) is 25.6 Å². The molecule has 0 bridgehead atoms. The summed E-state index contributed by atoms with van der Waals surface area (Å²) < 4.78 is 2.19. The maximum absolute atomic E-state index is 5.86. The van der Waals surface area contributed by atoms with Gasteiger partial charge in [0, 0.05) is 17.9 Å². The Kier molecular flexibility index (Phi) is 3.34. The molecular formula is C15H20N4. The standard InChI is InChI=1S/C15H20N4/c1-11(16)6-12-7-13(9-17-8-12)19-10-18-14-4-2-3-5-15(14)19/h7-11H,2-6,16H2,1H3. The van der Waals surface area contributed by atoms with Crippen molar-refractivity contribution in [1.29, 1.82) is 0 Å². The largest absolute Gasteiger partial charge is 0.328 e. The fourth-order valence-electron chi connectivity index (χ4n) is 2.78. The minimum atomic E-state index is 0.161. The monoisotopic (exact) mass is 256 g/mol. The minimum Gasteiger partial charge on any atom is -0.328 e. The van der Waals surface area contributed by atoms with E-state index in [4.69, 9.17) is 5.73 Å². The highest BCUT2D eigenvalue weighted by atomic mass is 15.1. The van der Waals surface area contributed by atoms with Gasteiger partial charge in [-0.25, -0.2) is 4.98 Å². The van der Waals surface area contributed by atoms with E-state index in [1.165, 1.54) is 29.8 Å². The predicted octanol–water partition coefficient (Wildman–Crippen LogP) is 2.04. The number of pyridine rings is 1. The lowest BCUT2D eigenvalue weighted by atomic mass is 10.0. The molecule has 0 radical (unpaired) electrons. The first-order valence-corrected chi connectivity index (χ1v) is 6.99. The first kappa shape index (κ1) is 12.4. The van der Waals surface area contributed by atoms with Crippen molar-refractivity contribution in [3.63, 3.8) is 0 Å². The van der Waals surface area contributed by atoms with Crippen LogP contribution in [0.15, 0.2) is 24.8 Å². The molecule has 4 heteroatoms. The fourth-order valence-corrected chi connectivity index (χ4v) is 2.78. The molecule has 0 spiro atoms. The lowest BCUT2D eigenvalue weighted by molar-refractivity contribution is 0.655. The van der Waals surface area contributed by atoms with Crippen molar-refractivity contribution >= 4 is 0 Å². The maximum Gasteiger partial charge on any atom is 0.0998 e. The zero-order chi connectivity index (χ0) is 13.2. The summed E-state index contributed by atoms with van der Waals surface area (Å²) in [4.78, 5) is 8.87. The van der Waals surface area contributed by atoms with Crippen LogP contribution >= 0.6 is 0 Å². The summed E-state index contributed by atoms with van der Waals surface area (Å²) in [6.45, 7) is 2.02. The summed E-state index contributed by atoms with van der Waals surface area (Å²) >= 11 is 0. The smallest absolute Gasteiger partial charge is 0.0998 e. The Morgan fingerprint density at radius 2 is 2.16 bits per heavy atom. The number of rotatable bonds is 3. The number of aromatic nitrogens is 3. The van der Waals surface area contributed by atoms with Gasteiger partial charge in [-0.05, 0) is 50.7 Å². The first-order valence-electron chi connectivity index (χ1n) is 6.99. The molecule has 19 heavy (non-hydrogen) atoms. The van der Waals surface area contributed by atoms with Gasteiger partial charge in [-0.15, -0.1) is 0 Å². The lowest BCUT2D eigenvalue weighted by Crippen LogP contribution is -2.18. The molecule has 1 aliphatic carbocycles.